The number of nitrogens with zero attached hydrogens (tertiary/aromatic N) is 1. The number of nitrogens with one attached hydrogen (secondary N) is 1. The largest absolute Gasteiger partial charge is 0.506 e. The summed E-state index contributed by atoms with van der Waals surface area (Å²) in [5.41, 5.74) is 3.26. The van der Waals surface area contributed by atoms with Crippen LogP contribution in [0.25, 0.3) is 0 Å². The minimum absolute atomic E-state index is 0.183. The number of hydrogen-bond acceptors (Lipinski definition) is 3. The van der Waals surface area contributed by atoms with Crippen molar-refractivity contribution in [3.8, 4) is 5.75 Å². The van der Waals surface area contributed by atoms with E-state index in [2.05, 4.69) is 42.4 Å². The van der Waals surface area contributed by atoms with Gasteiger partial charge in [-0.1, -0.05) is 15.9 Å². The fraction of sp³-hybridized carbons (Fsp3) is 0.125. The topological polar surface area (TPSA) is 44.6 Å². The molecule has 70 valence electrons. The van der Waals surface area contributed by atoms with Gasteiger partial charge in [-0.3, -0.25) is 0 Å². The number of halogens is 2. The maximum Gasteiger partial charge on any atom is 0.138 e. The van der Waals surface area contributed by atoms with Crippen LogP contribution in [0.5, 0.6) is 5.75 Å². The van der Waals surface area contributed by atoms with Crippen molar-refractivity contribution in [1.82, 2.24) is 5.43 Å². The second kappa shape index (κ2) is 4.62. The number of phenolic OH excluding ortho intramolecular Hbond substituents is 1. The zero-order valence-corrected chi connectivity index (χ0v) is 10.1. The van der Waals surface area contributed by atoms with E-state index in [-0.39, 0.29) is 5.75 Å². The highest BCUT2D eigenvalue weighted by molar-refractivity contribution is 9.11. The molecular formula is C8H8Br2N2O. The zero-order valence-electron chi connectivity index (χ0n) is 6.88. The van der Waals surface area contributed by atoms with Crippen molar-refractivity contribution in [2.75, 3.05) is 7.05 Å². The Bertz CT molecular complexity index is 339. The second-order valence-electron chi connectivity index (χ2n) is 2.31. The molecule has 0 aromatic heterocycles. The molecule has 0 aliphatic heterocycles. The Morgan fingerprint density at radius 3 is 2.77 bits per heavy atom. The van der Waals surface area contributed by atoms with Gasteiger partial charge < -0.3 is 10.5 Å². The summed E-state index contributed by atoms with van der Waals surface area (Å²) in [5, 5.41) is 13.4. The van der Waals surface area contributed by atoms with Gasteiger partial charge in [-0.2, -0.15) is 5.10 Å². The quantitative estimate of drug-likeness (QED) is 0.651. The van der Waals surface area contributed by atoms with Crippen LogP contribution >= 0.6 is 31.9 Å². The van der Waals surface area contributed by atoms with Crippen molar-refractivity contribution in [3.63, 3.8) is 0 Å². The van der Waals surface area contributed by atoms with Crippen molar-refractivity contribution < 1.29 is 5.11 Å². The minimum atomic E-state index is 0.183. The molecule has 0 saturated carbocycles. The van der Waals surface area contributed by atoms with E-state index < -0.39 is 0 Å². The van der Waals surface area contributed by atoms with E-state index in [1.54, 1.807) is 25.4 Å². The van der Waals surface area contributed by atoms with E-state index in [0.29, 0.717) is 10.0 Å². The first kappa shape index (κ1) is 10.5. The Balaban J connectivity index is 3.12. The van der Waals surface area contributed by atoms with Crippen molar-refractivity contribution in [2.24, 2.45) is 5.10 Å². The molecule has 0 atom stereocenters. The average molecular weight is 308 g/mol. The van der Waals surface area contributed by atoms with E-state index in [1.807, 2.05) is 0 Å². The van der Waals surface area contributed by atoms with Crippen LogP contribution in [-0.2, 0) is 0 Å². The third-order valence-electron chi connectivity index (χ3n) is 1.39. The molecular weight excluding hydrogens is 300 g/mol. The molecule has 0 amide bonds. The highest BCUT2D eigenvalue weighted by Gasteiger charge is 2.04. The van der Waals surface area contributed by atoms with Crippen LogP contribution in [0.15, 0.2) is 26.2 Å². The van der Waals surface area contributed by atoms with Gasteiger partial charge in [-0.25, -0.2) is 0 Å². The lowest BCUT2D eigenvalue weighted by molar-refractivity contribution is 0.471. The fourth-order valence-electron chi connectivity index (χ4n) is 0.818. The standard InChI is InChI=1S/C8H8Br2N2O/c1-11-12-4-5-2-6(9)3-7(10)8(5)13/h2-4,11,13H,1H3. The van der Waals surface area contributed by atoms with E-state index in [4.69, 9.17) is 0 Å². The van der Waals surface area contributed by atoms with Gasteiger partial charge in [0.25, 0.3) is 0 Å². The van der Waals surface area contributed by atoms with E-state index in [1.165, 1.54) is 0 Å². The summed E-state index contributed by atoms with van der Waals surface area (Å²) in [7, 11) is 1.70. The first-order chi connectivity index (χ1) is 6.15. The lowest BCUT2D eigenvalue weighted by Gasteiger charge is -2.02. The molecule has 2 N–H and O–H groups in total. The highest BCUT2D eigenvalue weighted by Crippen LogP contribution is 2.30. The summed E-state index contributed by atoms with van der Waals surface area (Å²) >= 11 is 6.54. The monoisotopic (exact) mass is 306 g/mol. The first-order valence-electron chi connectivity index (χ1n) is 3.53. The van der Waals surface area contributed by atoms with Gasteiger partial charge in [0, 0.05) is 17.1 Å². The lowest BCUT2D eigenvalue weighted by Crippen LogP contribution is -1.95. The smallest absolute Gasteiger partial charge is 0.138 e. The fourth-order valence-corrected chi connectivity index (χ4v) is 2.08. The Morgan fingerprint density at radius 1 is 1.46 bits per heavy atom. The van der Waals surface area contributed by atoms with E-state index in [9.17, 15) is 5.11 Å². The summed E-state index contributed by atoms with van der Waals surface area (Å²) in [5.74, 6) is 0.183. The molecule has 0 radical (unpaired) electrons. The summed E-state index contributed by atoms with van der Waals surface area (Å²) < 4.78 is 1.52. The number of phenols is 1. The lowest BCUT2D eigenvalue weighted by atomic mass is 10.2. The number of aromatic hydroxyl groups is 1. The molecule has 1 aromatic rings. The third-order valence-corrected chi connectivity index (χ3v) is 2.45. The summed E-state index contributed by atoms with van der Waals surface area (Å²) in [6.07, 6.45) is 1.55. The summed E-state index contributed by atoms with van der Waals surface area (Å²) in [4.78, 5) is 0. The molecule has 1 aromatic carbocycles. The van der Waals surface area contributed by atoms with Crippen molar-refractivity contribution >= 4 is 38.1 Å². The molecule has 0 heterocycles. The Hall–Kier alpha value is -0.550. The number of hydrogen-bond donors (Lipinski definition) is 2. The van der Waals surface area contributed by atoms with Crippen LogP contribution < -0.4 is 5.43 Å². The van der Waals surface area contributed by atoms with E-state index >= 15 is 0 Å². The SMILES string of the molecule is CNN=Cc1cc(Br)cc(Br)c1O. The number of hydrazone groups is 1. The molecule has 0 aliphatic carbocycles. The van der Waals surface area contributed by atoms with Gasteiger partial charge in [-0.15, -0.1) is 0 Å². The molecule has 0 saturated heterocycles. The first-order valence-corrected chi connectivity index (χ1v) is 5.11. The zero-order chi connectivity index (χ0) is 9.84. The Morgan fingerprint density at radius 2 is 2.15 bits per heavy atom. The molecule has 0 bridgehead atoms. The molecule has 0 fully saturated rings. The molecule has 0 spiro atoms. The number of rotatable bonds is 2. The normalized spacial score (nSPS) is 10.7. The molecule has 1 rings (SSSR count). The van der Waals surface area contributed by atoms with Crippen LogP contribution in [0.4, 0.5) is 0 Å². The van der Waals surface area contributed by atoms with Crippen LogP contribution in [-0.4, -0.2) is 18.4 Å². The van der Waals surface area contributed by atoms with Gasteiger partial charge in [0.15, 0.2) is 0 Å². The van der Waals surface area contributed by atoms with Gasteiger partial charge in [-0.05, 0) is 28.1 Å². The van der Waals surface area contributed by atoms with Crippen molar-refractivity contribution in [1.29, 1.82) is 0 Å². The molecule has 13 heavy (non-hydrogen) atoms. The molecule has 0 aliphatic rings. The van der Waals surface area contributed by atoms with Crippen LogP contribution in [0.1, 0.15) is 5.56 Å². The third kappa shape index (κ3) is 2.70. The molecule has 5 heteroatoms. The van der Waals surface area contributed by atoms with Crippen molar-refractivity contribution in [3.05, 3.63) is 26.6 Å². The Kier molecular flexibility index (Phi) is 3.74. The minimum Gasteiger partial charge on any atom is -0.506 e. The van der Waals surface area contributed by atoms with Crippen LogP contribution in [0.3, 0.4) is 0 Å². The van der Waals surface area contributed by atoms with Gasteiger partial charge in [0.05, 0.1) is 10.7 Å². The maximum atomic E-state index is 9.56. The van der Waals surface area contributed by atoms with Crippen LogP contribution in [0.2, 0.25) is 0 Å². The van der Waals surface area contributed by atoms with E-state index in [0.717, 1.165) is 4.47 Å². The predicted octanol–water partition coefficient (Wildman–Crippen LogP) is 2.47. The Labute approximate surface area is 93.1 Å². The average Bonchev–Trinajstić information content (AvgIpc) is 2.09. The second-order valence-corrected chi connectivity index (χ2v) is 4.08. The van der Waals surface area contributed by atoms with Gasteiger partial charge >= 0.3 is 0 Å². The van der Waals surface area contributed by atoms with Gasteiger partial charge in [0.1, 0.15) is 5.75 Å². The highest BCUT2D eigenvalue weighted by atomic mass is 79.9. The molecule has 3 nitrogen and oxygen atoms in total. The van der Waals surface area contributed by atoms with Gasteiger partial charge in [0.2, 0.25) is 0 Å². The van der Waals surface area contributed by atoms with Crippen molar-refractivity contribution in [2.45, 2.75) is 0 Å². The predicted molar refractivity (Wildman–Crippen MR) is 60.2 cm³/mol. The molecule has 0 unspecified atom stereocenters. The maximum absolute atomic E-state index is 9.56. The summed E-state index contributed by atoms with van der Waals surface area (Å²) in [6.45, 7) is 0. The number of benzene rings is 1. The summed E-state index contributed by atoms with van der Waals surface area (Å²) in [6, 6.07) is 3.55. The van der Waals surface area contributed by atoms with Crippen LogP contribution in [0, 0.1) is 0 Å².